The molecule has 1 aromatic carbocycles. The predicted molar refractivity (Wildman–Crippen MR) is 75.5 cm³/mol. The number of nitrogens with one attached hydrogen (secondary N) is 2. The smallest absolute Gasteiger partial charge is 0.142 e. The van der Waals surface area contributed by atoms with Gasteiger partial charge in [-0.25, -0.2) is 9.37 Å². The zero-order valence-electron chi connectivity index (χ0n) is 10.7. The van der Waals surface area contributed by atoms with Crippen LogP contribution in [-0.4, -0.2) is 15.0 Å². The van der Waals surface area contributed by atoms with Crippen molar-refractivity contribution in [3.8, 4) is 11.3 Å². The van der Waals surface area contributed by atoms with Gasteiger partial charge in [0.2, 0.25) is 0 Å². The van der Waals surface area contributed by atoms with Crippen LogP contribution in [-0.2, 0) is 6.54 Å². The van der Waals surface area contributed by atoms with Crippen LogP contribution in [0.5, 0.6) is 0 Å². The quantitative estimate of drug-likeness (QED) is 0.764. The molecule has 2 N–H and O–H groups in total. The second-order valence-corrected chi connectivity index (χ2v) is 4.35. The molecule has 0 saturated carbocycles. The monoisotopic (exact) mass is 268 g/mol. The predicted octanol–water partition coefficient (Wildman–Crippen LogP) is 3.22. The van der Waals surface area contributed by atoms with E-state index in [4.69, 9.17) is 0 Å². The van der Waals surface area contributed by atoms with Crippen LogP contribution in [0, 0.1) is 5.82 Å². The highest BCUT2D eigenvalue weighted by atomic mass is 19.1. The van der Waals surface area contributed by atoms with Gasteiger partial charge in [-0.2, -0.15) is 0 Å². The minimum absolute atomic E-state index is 0.360. The second-order valence-electron chi connectivity index (χ2n) is 4.35. The zero-order chi connectivity index (χ0) is 13.8. The zero-order valence-corrected chi connectivity index (χ0v) is 10.7. The van der Waals surface area contributed by atoms with Gasteiger partial charge in [-0.3, -0.25) is 4.98 Å². The molecule has 5 heteroatoms. The summed E-state index contributed by atoms with van der Waals surface area (Å²) in [5, 5.41) is 3.25. The maximum Gasteiger partial charge on any atom is 0.142 e. The summed E-state index contributed by atoms with van der Waals surface area (Å²) in [6.45, 7) is 0.576. The Morgan fingerprint density at radius 2 is 1.95 bits per heavy atom. The van der Waals surface area contributed by atoms with Crippen molar-refractivity contribution >= 4 is 5.69 Å². The molecule has 100 valence electrons. The van der Waals surface area contributed by atoms with E-state index in [1.54, 1.807) is 12.4 Å². The first kappa shape index (κ1) is 12.3. The van der Waals surface area contributed by atoms with Crippen molar-refractivity contribution < 1.29 is 4.39 Å². The number of pyridine rings is 1. The van der Waals surface area contributed by atoms with E-state index in [-0.39, 0.29) is 5.82 Å². The van der Waals surface area contributed by atoms with E-state index in [0.717, 1.165) is 17.2 Å². The molecule has 0 aliphatic rings. The van der Waals surface area contributed by atoms with Crippen molar-refractivity contribution in [2.24, 2.45) is 0 Å². The van der Waals surface area contributed by atoms with Crippen LogP contribution in [0.2, 0.25) is 0 Å². The molecule has 2 aromatic heterocycles. The van der Waals surface area contributed by atoms with Crippen molar-refractivity contribution in [2.75, 3.05) is 5.32 Å². The molecule has 0 fully saturated rings. The molecule has 0 radical (unpaired) electrons. The highest BCUT2D eigenvalue weighted by molar-refractivity contribution is 5.57. The minimum Gasteiger partial charge on any atom is -0.378 e. The Balaban J connectivity index is 1.71. The molecule has 0 atom stereocenters. The summed E-state index contributed by atoms with van der Waals surface area (Å²) < 4.78 is 13.1. The highest BCUT2D eigenvalue weighted by Gasteiger charge is 2.04. The van der Waals surface area contributed by atoms with Crippen LogP contribution in [0.15, 0.2) is 55.0 Å². The Morgan fingerprint density at radius 1 is 1.10 bits per heavy atom. The average Bonchev–Trinajstić information content (AvgIpc) is 2.95. The lowest BCUT2D eigenvalue weighted by Crippen LogP contribution is -2.00. The second kappa shape index (κ2) is 5.52. The molecule has 0 amide bonds. The van der Waals surface area contributed by atoms with Gasteiger partial charge in [0.05, 0.1) is 24.6 Å². The molecular formula is C15H13FN4. The van der Waals surface area contributed by atoms with E-state index in [2.05, 4.69) is 20.3 Å². The van der Waals surface area contributed by atoms with Crippen molar-refractivity contribution in [1.82, 2.24) is 15.0 Å². The lowest BCUT2D eigenvalue weighted by molar-refractivity contribution is 0.622. The molecule has 3 rings (SSSR count). The number of H-pyrrole nitrogens is 1. The van der Waals surface area contributed by atoms with Gasteiger partial charge in [0.1, 0.15) is 11.6 Å². The van der Waals surface area contributed by atoms with Crippen LogP contribution in [0.25, 0.3) is 11.3 Å². The molecule has 4 nitrogen and oxygen atoms in total. The summed E-state index contributed by atoms with van der Waals surface area (Å²) in [4.78, 5) is 11.2. The van der Waals surface area contributed by atoms with Crippen LogP contribution >= 0.6 is 0 Å². The molecule has 3 aromatic rings. The van der Waals surface area contributed by atoms with E-state index in [0.29, 0.717) is 12.1 Å². The van der Waals surface area contributed by atoms with E-state index >= 15 is 0 Å². The summed E-state index contributed by atoms with van der Waals surface area (Å²) in [6.07, 6.45) is 4.46. The molecule has 0 aliphatic heterocycles. The number of benzene rings is 1. The molecule has 0 unspecified atom stereocenters. The Bertz CT molecular complexity index is 694. The highest BCUT2D eigenvalue weighted by Crippen LogP contribution is 2.17. The Hall–Kier alpha value is -2.69. The standard InChI is InChI=1S/C15H13FN4/c16-12-6-11(7-17-8-12)14-9-19-15(20-14)10-18-13-4-2-1-3-5-13/h1-9,18H,10H2,(H,19,20). The minimum atomic E-state index is -0.360. The van der Waals surface area contributed by atoms with Gasteiger partial charge in [-0.05, 0) is 18.2 Å². The number of nitrogens with zero attached hydrogens (tertiary/aromatic N) is 2. The number of halogens is 1. The van der Waals surface area contributed by atoms with E-state index < -0.39 is 0 Å². The summed E-state index contributed by atoms with van der Waals surface area (Å²) in [5.74, 6) is 0.425. The summed E-state index contributed by atoms with van der Waals surface area (Å²) in [5.41, 5.74) is 2.46. The number of rotatable bonds is 4. The molecule has 20 heavy (non-hydrogen) atoms. The average molecular weight is 268 g/mol. The maximum absolute atomic E-state index is 13.1. The van der Waals surface area contributed by atoms with E-state index in [9.17, 15) is 4.39 Å². The number of aromatic nitrogens is 3. The lowest BCUT2D eigenvalue weighted by Gasteiger charge is -2.03. The number of anilines is 1. The van der Waals surface area contributed by atoms with Crippen LogP contribution in [0.1, 0.15) is 5.82 Å². The molecule has 0 spiro atoms. The van der Waals surface area contributed by atoms with E-state index in [1.165, 1.54) is 12.3 Å². The van der Waals surface area contributed by atoms with Gasteiger partial charge in [0.15, 0.2) is 0 Å². The largest absolute Gasteiger partial charge is 0.378 e. The first-order valence-electron chi connectivity index (χ1n) is 6.25. The lowest BCUT2D eigenvalue weighted by atomic mass is 10.2. The number of hydrogen-bond donors (Lipinski definition) is 2. The van der Waals surface area contributed by atoms with Crippen molar-refractivity contribution in [3.63, 3.8) is 0 Å². The van der Waals surface area contributed by atoms with Gasteiger partial charge in [-0.15, -0.1) is 0 Å². The van der Waals surface area contributed by atoms with Crippen LogP contribution in [0.3, 0.4) is 0 Å². The summed E-state index contributed by atoms with van der Waals surface area (Å²) in [6, 6.07) is 11.3. The fourth-order valence-electron chi connectivity index (χ4n) is 1.90. The number of hydrogen-bond acceptors (Lipinski definition) is 3. The number of aromatic amines is 1. The maximum atomic E-state index is 13.1. The normalized spacial score (nSPS) is 10.4. The third-order valence-corrected chi connectivity index (χ3v) is 2.88. The topological polar surface area (TPSA) is 53.6 Å². The van der Waals surface area contributed by atoms with Crippen LogP contribution in [0.4, 0.5) is 10.1 Å². The van der Waals surface area contributed by atoms with Gasteiger partial charge in [-0.1, -0.05) is 18.2 Å². The number of imidazole rings is 1. The number of para-hydroxylation sites is 1. The Kier molecular flexibility index (Phi) is 3.41. The van der Waals surface area contributed by atoms with Crippen molar-refractivity contribution in [3.05, 3.63) is 66.6 Å². The third-order valence-electron chi connectivity index (χ3n) is 2.88. The Labute approximate surface area is 115 Å². The van der Waals surface area contributed by atoms with Gasteiger partial charge < -0.3 is 10.3 Å². The van der Waals surface area contributed by atoms with Gasteiger partial charge in [0, 0.05) is 17.4 Å². The van der Waals surface area contributed by atoms with Gasteiger partial charge >= 0.3 is 0 Å². The fraction of sp³-hybridized carbons (Fsp3) is 0.0667. The molecular weight excluding hydrogens is 255 g/mol. The molecule has 0 bridgehead atoms. The Morgan fingerprint density at radius 3 is 2.75 bits per heavy atom. The SMILES string of the molecule is Fc1cncc(-c2cnc(CNc3ccccc3)[nH]2)c1. The fourth-order valence-corrected chi connectivity index (χ4v) is 1.90. The van der Waals surface area contributed by atoms with Gasteiger partial charge in [0.25, 0.3) is 0 Å². The van der Waals surface area contributed by atoms with Crippen LogP contribution < -0.4 is 5.32 Å². The molecule has 0 saturated heterocycles. The van der Waals surface area contributed by atoms with E-state index in [1.807, 2.05) is 30.3 Å². The first-order valence-corrected chi connectivity index (χ1v) is 6.25. The molecule has 0 aliphatic carbocycles. The third kappa shape index (κ3) is 2.83. The summed E-state index contributed by atoms with van der Waals surface area (Å²) >= 11 is 0. The molecule has 2 heterocycles. The summed E-state index contributed by atoms with van der Waals surface area (Å²) in [7, 11) is 0. The van der Waals surface area contributed by atoms with Crippen molar-refractivity contribution in [2.45, 2.75) is 6.54 Å². The van der Waals surface area contributed by atoms with Crippen molar-refractivity contribution in [1.29, 1.82) is 0 Å². The first-order chi connectivity index (χ1) is 9.81.